The fraction of sp³-hybridized carbons (Fsp3) is 0.105. The molecule has 22 heavy (non-hydrogen) atoms. The molecule has 2 nitrogen and oxygen atoms in total. The van der Waals surface area contributed by atoms with Gasteiger partial charge in [-0.15, -0.1) is 0 Å². The maximum Gasteiger partial charge on any atom is 0.225 e. The molecule has 0 saturated carbocycles. The maximum absolute atomic E-state index is 13.6. The zero-order valence-corrected chi connectivity index (χ0v) is 13.9. The van der Waals surface area contributed by atoms with Crippen LogP contribution in [0.4, 0.5) is 0 Å². The van der Waals surface area contributed by atoms with Crippen LogP contribution in [0.3, 0.4) is 0 Å². The van der Waals surface area contributed by atoms with Crippen LogP contribution in [0.15, 0.2) is 90.8 Å². The van der Waals surface area contributed by atoms with Crippen molar-refractivity contribution in [3.63, 3.8) is 0 Å². The number of rotatable bonds is 7. The van der Waals surface area contributed by atoms with E-state index in [4.69, 9.17) is 0 Å². The maximum atomic E-state index is 13.6. The summed E-state index contributed by atoms with van der Waals surface area (Å²) in [5.74, 6) is 0. The second kappa shape index (κ2) is 8.31. The fourth-order valence-electron chi connectivity index (χ4n) is 1.99. The van der Waals surface area contributed by atoms with E-state index < -0.39 is 7.14 Å². The van der Waals surface area contributed by atoms with Crippen molar-refractivity contribution >= 4 is 18.0 Å². The number of allylic oxidation sites excluding steroid dienone is 8. The molecular formula is C19H21O2P. The summed E-state index contributed by atoms with van der Waals surface area (Å²) in [6.07, 6.45) is 9.91. The van der Waals surface area contributed by atoms with Crippen molar-refractivity contribution in [3.05, 3.63) is 90.8 Å². The lowest BCUT2D eigenvalue weighted by atomic mass is 10.3. The number of benzene rings is 1. The minimum absolute atomic E-state index is 0.362. The van der Waals surface area contributed by atoms with Crippen LogP contribution in [0.25, 0.3) is 0 Å². The molecule has 1 aromatic rings. The lowest BCUT2D eigenvalue weighted by molar-refractivity contribution is -0.108. The Hall–Kier alpha value is -2.18. The first kappa shape index (κ1) is 17.9. The van der Waals surface area contributed by atoms with E-state index in [-0.39, 0.29) is 5.52 Å². The standard InChI is InChI=1S/C19H21O2P/c1-5-7-9-13-17(4)22(21,18-14-10-8-11-15-18)19(20)16(3)12-6-2/h5-15H,1-2H2,3-4H3/b9-7-,16-12+,17-13+. The summed E-state index contributed by atoms with van der Waals surface area (Å²) in [6.45, 7) is 10.6. The van der Waals surface area contributed by atoms with Gasteiger partial charge in [0.15, 0.2) is 0 Å². The van der Waals surface area contributed by atoms with Gasteiger partial charge in [-0.1, -0.05) is 79.9 Å². The first-order valence-corrected chi connectivity index (χ1v) is 8.65. The van der Waals surface area contributed by atoms with Gasteiger partial charge in [-0.2, -0.15) is 0 Å². The zero-order valence-electron chi connectivity index (χ0n) is 13.0. The van der Waals surface area contributed by atoms with Gasteiger partial charge in [0.2, 0.25) is 12.7 Å². The van der Waals surface area contributed by atoms with Gasteiger partial charge in [0.05, 0.1) is 0 Å². The SMILES string of the molecule is C=C/C=C\C=C(/C)P(=O)(C(=O)/C(C)=C/C=C)c1ccccc1. The molecule has 0 fully saturated rings. The molecule has 114 valence electrons. The topological polar surface area (TPSA) is 34.1 Å². The molecule has 0 aromatic heterocycles. The minimum Gasteiger partial charge on any atom is -0.306 e. The summed E-state index contributed by atoms with van der Waals surface area (Å²) < 4.78 is 13.6. The lowest BCUT2D eigenvalue weighted by Gasteiger charge is -2.18. The molecule has 0 spiro atoms. The highest BCUT2D eigenvalue weighted by atomic mass is 31.2. The minimum atomic E-state index is -3.36. The first-order chi connectivity index (χ1) is 10.5. The third-order valence-electron chi connectivity index (χ3n) is 3.19. The summed E-state index contributed by atoms with van der Waals surface area (Å²) in [5.41, 5.74) is 0.0713. The molecule has 0 radical (unpaired) electrons. The Balaban J connectivity index is 3.49. The smallest absolute Gasteiger partial charge is 0.225 e. The molecule has 1 rings (SSSR count). The van der Waals surface area contributed by atoms with Crippen LogP contribution in [0, 0.1) is 0 Å². The van der Waals surface area contributed by atoms with Crippen molar-refractivity contribution < 1.29 is 9.36 Å². The van der Waals surface area contributed by atoms with Gasteiger partial charge < -0.3 is 4.57 Å². The van der Waals surface area contributed by atoms with Gasteiger partial charge in [0.25, 0.3) is 0 Å². The zero-order chi connectivity index (χ0) is 16.6. The second-order valence-corrected chi connectivity index (χ2v) is 7.61. The second-order valence-electron chi connectivity index (χ2n) is 4.76. The van der Waals surface area contributed by atoms with Gasteiger partial charge in [0, 0.05) is 10.9 Å². The Labute approximate surface area is 132 Å². The monoisotopic (exact) mass is 312 g/mol. The van der Waals surface area contributed by atoms with Crippen molar-refractivity contribution in [2.75, 3.05) is 0 Å². The van der Waals surface area contributed by atoms with E-state index in [2.05, 4.69) is 13.2 Å². The normalized spacial score (nSPS) is 15.4. The molecule has 0 aliphatic carbocycles. The van der Waals surface area contributed by atoms with E-state index in [0.717, 1.165) is 0 Å². The largest absolute Gasteiger partial charge is 0.306 e. The van der Waals surface area contributed by atoms with Crippen molar-refractivity contribution in [1.29, 1.82) is 0 Å². The Kier molecular flexibility index (Phi) is 6.75. The third kappa shape index (κ3) is 3.93. The van der Waals surface area contributed by atoms with E-state index in [1.54, 1.807) is 68.5 Å². The molecule has 0 aliphatic rings. The number of hydrogen-bond donors (Lipinski definition) is 0. The van der Waals surface area contributed by atoms with Gasteiger partial charge in [0.1, 0.15) is 0 Å². The molecule has 0 amide bonds. The molecular weight excluding hydrogens is 291 g/mol. The molecule has 0 saturated heterocycles. The van der Waals surface area contributed by atoms with Crippen LogP contribution in [-0.4, -0.2) is 5.52 Å². The highest BCUT2D eigenvalue weighted by Crippen LogP contribution is 2.55. The molecule has 1 aromatic carbocycles. The molecule has 0 heterocycles. The Morgan fingerprint density at radius 3 is 2.18 bits per heavy atom. The van der Waals surface area contributed by atoms with E-state index in [0.29, 0.717) is 16.2 Å². The number of carbonyl (C=O) groups is 1. The van der Waals surface area contributed by atoms with E-state index in [1.165, 1.54) is 6.08 Å². The Bertz CT molecular complexity index is 691. The third-order valence-corrected chi connectivity index (χ3v) is 6.28. The average Bonchev–Trinajstić information content (AvgIpc) is 2.54. The summed E-state index contributed by atoms with van der Waals surface area (Å²) in [7, 11) is -3.36. The lowest BCUT2D eigenvalue weighted by Crippen LogP contribution is -2.14. The molecule has 0 bridgehead atoms. The fourth-order valence-corrected chi connectivity index (χ4v) is 4.42. The highest BCUT2D eigenvalue weighted by Gasteiger charge is 2.35. The van der Waals surface area contributed by atoms with Crippen LogP contribution >= 0.6 is 7.14 Å². The van der Waals surface area contributed by atoms with Crippen LogP contribution in [0.1, 0.15) is 13.8 Å². The molecule has 1 atom stereocenters. The van der Waals surface area contributed by atoms with Crippen LogP contribution < -0.4 is 5.30 Å². The average molecular weight is 312 g/mol. The van der Waals surface area contributed by atoms with Gasteiger partial charge >= 0.3 is 0 Å². The Morgan fingerprint density at radius 1 is 1.00 bits per heavy atom. The molecule has 0 aliphatic heterocycles. The van der Waals surface area contributed by atoms with Gasteiger partial charge in [-0.3, -0.25) is 4.79 Å². The van der Waals surface area contributed by atoms with Crippen molar-refractivity contribution in [3.8, 4) is 0 Å². The summed E-state index contributed by atoms with van der Waals surface area (Å²) in [5, 5.41) is 1.08. The van der Waals surface area contributed by atoms with Gasteiger partial charge in [-0.05, 0) is 19.2 Å². The summed E-state index contributed by atoms with van der Waals surface area (Å²) in [4.78, 5) is 12.8. The van der Waals surface area contributed by atoms with Crippen LogP contribution in [0.2, 0.25) is 0 Å². The van der Waals surface area contributed by atoms with Crippen molar-refractivity contribution in [2.24, 2.45) is 0 Å². The van der Waals surface area contributed by atoms with Crippen molar-refractivity contribution in [1.82, 2.24) is 0 Å². The summed E-state index contributed by atoms with van der Waals surface area (Å²) in [6, 6.07) is 8.87. The Morgan fingerprint density at radius 2 is 1.64 bits per heavy atom. The first-order valence-electron chi connectivity index (χ1n) is 6.95. The van der Waals surface area contributed by atoms with E-state index >= 15 is 0 Å². The van der Waals surface area contributed by atoms with Crippen LogP contribution in [-0.2, 0) is 9.36 Å². The molecule has 3 heteroatoms. The predicted molar refractivity (Wildman–Crippen MR) is 95.7 cm³/mol. The molecule has 0 N–H and O–H groups in total. The number of carbonyl (C=O) groups excluding carboxylic acids is 1. The van der Waals surface area contributed by atoms with Gasteiger partial charge in [-0.25, -0.2) is 0 Å². The van der Waals surface area contributed by atoms with E-state index in [1.807, 2.05) is 6.07 Å². The highest BCUT2D eigenvalue weighted by molar-refractivity contribution is 7.90. The molecule has 1 unspecified atom stereocenters. The van der Waals surface area contributed by atoms with Crippen molar-refractivity contribution in [2.45, 2.75) is 13.8 Å². The van der Waals surface area contributed by atoms with E-state index in [9.17, 15) is 9.36 Å². The predicted octanol–water partition coefficient (Wildman–Crippen LogP) is 4.98. The van der Waals surface area contributed by atoms with Crippen LogP contribution in [0.5, 0.6) is 0 Å². The number of hydrogen-bond acceptors (Lipinski definition) is 2. The summed E-state index contributed by atoms with van der Waals surface area (Å²) >= 11 is 0. The quantitative estimate of drug-likeness (QED) is 0.404.